The van der Waals surface area contributed by atoms with E-state index in [1.54, 1.807) is 60.7 Å². The van der Waals surface area contributed by atoms with Crippen molar-refractivity contribution in [2.24, 2.45) is 0 Å². The van der Waals surface area contributed by atoms with Crippen LogP contribution in [0.2, 0.25) is 0 Å². The first-order chi connectivity index (χ1) is 26.2. The van der Waals surface area contributed by atoms with Gasteiger partial charge in [-0.15, -0.1) is 0 Å². The van der Waals surface area contributed by atoms with Crippen molar-refractivity contribution in [3.63, 3.8) is 0 Å². The third-order valence-electron chi connectivity index (χ3n) is 8.25. The number of benzene rings is 6. The number of nitrogens with zero attached hydrogens (tertiary/aromatic N) is 4. The Bertz CT molecular complexity index is 2460. The normalized spacial score (nSPS) is 10.7. The summed E-state index contributed by atoms with van der Waals surface area (Å²) in [6.45, 7) is 0. The number of carbonyl (C=O) groups is 2. The molecule has 0 atom stereocenters. The van der Waals surface area contributed by atoms with E-state index in [9.17, 15) is 29.8 Å². The van der Waals surface area contributed by atoms with Crippen molar-refractivity contribution in [2.45, 2.75) is 0 Å². The van der Waals surface area contributed by atoms with Crippen LogP contribution in [0.1, 0.15) is 20.7 Å². The van der Waals surface area contributed by atoms with Crippen molar-refractivity contribution in [1.29, 1.82) is 0 Å². The van der Waals surface area contributed by atoms with E-state index in [0.29, 0.717) is 44.8 Å². The van der Waals surface area contributed by atoms with Crippen molar-refractivity contribution < 1.29 is 19.4 Å². The second-order valence-electron chi connectivity index (χ2n) is 11.9. The molecule has 0 saturated carbocycles. The van der Waals surface area contributed by atoms with Crippen LogP contribution in [0.25, 0.3) is 44.8 Å². The molecule has 0 unspecified atom stereocenters. The average Bonchev–Trinajstić information content (AvgIpc) is 3.83. The van der Waals surface area contributed by atoms with Crippen LogP contribution in [-0.4, -0.2) is 41.6 Å². The molecule has 0 aliphatic carbocycles. The summed E-state index contributed by atoms with van der Waals surface area (Å²) in [5.41, 5.74) is 6.80. The molecule has 0 spiro atoms. The van der Waals surface area contributed by atoms with Gasteiger partial charge in [0.25, 0.3) is 23.2 Å². The van der Waals surface area contributed by atoms with Gasteiger partial charge >= 0.3 is 0 Å². The van der Waals surface area contributed by atoms with Crippen LogP contribution in [0.5, 0.6) is 0 Å². The fourth-order valence-electron chi connectivity index (χ4n) is 5.51. The zero-order chi connectivity index (χ0) is 37.6. The number of amides is 2. The quantitative estimate of drug-likeness (QED) is 0.0882. The summed E-state index contributed by atoms with van der Waals surface area (Å²) >= 11 is 0. The number of imidazole rings is 2. The van der Waals surface area contributed by atoms with Crippen LogP contribution in [0.3, 0.4) is 0 Å². The number of nitrogens with one attached hydrogen (secondary N) is 4. The second-order valence-corrected chi connectivity index (χ2v) is 11.9. The Morgan fingerprint density at radius 2 is 0.870 bits per heavy atom. The van der Waals surface area contributed by atoms with Crippen molar-refractivity contribution in [2.75, 3.05) is 10.6 Å². The van der Waals surface area contributed by atoms with Gasteiger partial charge in [0.2, 0.25) is 0 Å². The zero-order valence-corrected chi connectivity index (χ0v) is 28.1. The minimum atomic E-state index is -0.444. The van der Waals surface area contributed by atoms with Crippen LogP contribution >= 0.6 is 0 Å². The van der Waals surface area contributed by atoms with E-state index in [4.69, 9.17) is 0 Å². The van der Waals surface area contributed by atoms with Gasteiger partial charge in [0, 0.05) is 57.9 Å². The molecule has 0 bridgehead atoms. The third kappa shape index (κ3) is 7.82. The zero-order valence-electron chi connectivity index (χ0n) is 28.1. The van der Waals surface area contributed by atoms with Gasteiger partial charge in [-0.1, -0.05) is 36.4 Å². The Labute approximate surface area is 305 Å². The Morgan fingerprint density at radius 1 is 0.500 bits per heavy atom. The molecule has 2 amide bonds. The van der Waals surface area contributed by atoms with Crippen LogP contribution in [0.4, 0.5) is 22.7 Å². The largest absolute Gasteiger partial charge is 0.338 e. The highest BCUT2D eigenvalue weighted by molar-refractivity contribution is 6.07. The summed E-state index contributed by atoms with van der Waals surface area (Å²) in [6.07, 6.45) is 0. The summed E-state index contributed by atoms with van der Waals surface area (Å²) in [6, 6.07) is 41.1. The molecule has 0 fully saturated rings. The van der Waals surface area contributed by atoms with Gasteiger partial charge in [-0.2, -0.15) is 0 Å². The number of aromatic amines is 2. The lowest BCUT2D eigenvalue weighted by Crippen LogP contribution is -2.11. The number of para-hydroxylation sites is 2. The van der Waals surface area contributed by atoms with Gasteiger partial charge in [0.15, 0.2) is 0 Å². The molecular formula is C40H28N8O6. The number of nitro groups is 2. The third-order valence-corrected chi connectivity index (χ3v) is 8.25. The Morgan fingerprint density at radius 3 is 1.22 bits per heavy atom. The molecule has 8 rings (SSSR count). The topological polar surface area (TPSA) is 202 Å². The maximum Gasteiger partial charge on any atom is 0.269 e. The fourth-order valence-corrected chi connectivity index (χ4v) is 5.51. The van der Waals surface area contributed by atoms with Crippen molar-refractivity contribution in [3.8, 4) is 22.8 Å². The van der Waals surface area contributed by atoms with Gasteiger partial charge in [-0.25, -0.2) is 9.97 Å². The summed E-state index contributed by atoms with van der Waals surface area (Å²) in [7, 11) is 0. The first kappa shape index (κ1) is 34.4. The molecule has 14 heteroatoms. The summed E-state index contributed by atoms with van der Waals surface area (Å²) in [5.74, 6) is 0.741. The standard InChI is InChI=1S/2C20H14N4O3/c2*25-20(21-15-4-2-1-3-5-15)14-8-11-17-18(12-14)23-19(22-17)13-6-9-16(10-7-13)24(26)27/h2*1-12H,(H,21,25)(H,22,23). The fraction of sp³-hybridized carbons (Fsp3) is 0. The number of aromatic nitrogens is 4. The lowest BCUT2D eigenvalue weighted by molar-refractivity contribution is -0.385. The maximum atomic E-state index is 12.4. The number of H-pyrrole nitrogens is 2. The molecule has 2 aromatic heterocycles. The number of hydrogen-bond acceptors (Lipinski definition) is 8. The second kappa shape index (κ2) is 15.1. The molecule has 0 saturated heterocycles. The van der Waals surface area contributed by atoms with E-state index < -0.39 is 9.85 Å². The van der Waals surface area contributed by atoms with Crippen molar-refractivity contribution in [3.05, 3.63) is 177 Å². The monoisotopic (exact) mass is 716 g/mol. The summed E-state index contributed by atoms with van der Waals surface area (Å²) in [4.78, 5) is 60.8. The molecule has 8 aromatic rings. The number of fused-ring (bicyclic) bond motifs is 2. The number of non-ortho nitro benzene ring substituents is 2. The molecule has 0 aliphatic rings. The number of nitro benzene ring substituents is 2. The number of carbonyl (C=O) groups excluding carboxylic acids is 2. The first-order valence-electron chi connectivity index (χ1n) is 16.4. The number of anilines is 2. The average molecular weight is 717 g/mol. The van der Waals surface area contributed by atoms with Crippen LogP contribution in [0.15, 0.2) is 146 Å². The van der Waals surface area contributed by atoms with Crippen LogP contribution < -0.4 is 10.6 Å². The molecule has 54 heavy (non-hydrogen) atoms. The highest BCUT2D eigenvalue weighted by atomic mass is 16.6. The van der Waals surface area contributed by atoms with Gasteiger partial charge in [0.05, 0.1) is 31.9 Å². The molecule has 0 aliphatic heterocycles. The van der Waals surface area contributed by atoms with Crippen molar-refractivity contribution in [1.82, 2.24) is 19.9 Å². The number of rotatable bonds is 8. The molecule has 14 nitrogen and oxygen atoms in total. The van der Waals surface area contributed by atoms with E-state index in [1.165, 1.54) is 24.3 Å². The van der Waals surface area contributed by atoms with Crippen LogP contribution in [-0.2, 0) is 0 Å². The Kier molecular flexibility index (Phi) is 9.62. The molecule has 2 heterocycles. The molecule has 6 aromatic carbocycles. The smallest absolute Gasteiger partial charge is 0.269 e. The summed E-state index contributed by atoms with van der Waals surface area (Å²) < 4.78 is 0. The minimum absolute atomic E-state index is 0.0229. The van der Waals surface area contributed by atoms with Gasteiger partial charge < -0.3 is 20.6 Å². The molecule has 4 N–H and O–H groups in total. The molecule has 264 valence electrons. The Hall–Kier alpha value is -8.00. The Balaban J connectivity index is 0.000000167. The highest BCUT2D eigenvalue weighted by Gasteiger charge is 2.14. The lowest BCUT2D eigenvalue weighted by atomic mass is 10.2. The predicted molar refractivity (Wildman–Crippen MR) is 205 cm³/mol. The van der Waals surface area contributed by atoms with E-state index >= 15 is 0 Å². The molecule has 0 radical (unpaired) electrons. The van der Waals surface area contributed by atoms with Gasteiger partial charge in [-0.3, -0.25) is 29.8 Å². The van der Waals surface area contributed by atoms with Gasteiger partial charge in [-0.05, 0) is 84.9 Å². The van der Waals surface area contributed by atoms with E-state index in [2.05, 4.69) is 30.6 Å². The van der Waals surface area contributed by atoms with Crippen molar-refractivity contribution >= 4 is 56.6 Å². The summed E-state index contributed by atoms with van der Waals surface area (Å²) in [5, 5.41) is 27.2. The van der Waals surface area contributed by atoms with Gasteiger partial charge in [0.1, 0.15) is 11.6 Å². The minimum Gasteiger partial charge on any atom is -0.338 e. The highest BCUT2D eigenvalue weighted by Crippen LogP contribution is 2.25. The SMILES string of the molecule is O=C(Nc1ccccc1)c1ccc2nc(-c3ccc([N+](=O)[O-])cc3)[nH]c2c1.O=C(Nc1ccccc1)c1ccc2nc(-c3ccc([N+](=O)[O-])cc3)[nH]c2c1. The lowest BCUT2D eigenvalue weighted by Gasteiger charge is -2.04. The van der Waals surface area contributed by atoms with E-state index in [-0.39, 0.29) is 23.2 Å². The predicted octanol–water partition coefficient (Wildman–Crippen LogP) is 8.78. The van der Waals surface area contributed by atoms with E-state index in [0.717, 1.165) is 22.5 Å². The first-order valence-corrected chi connectivity index (χ1v) is 16.4. The number of hydrogen-bond donors (Lipinski definition) is 4. The molecular weight excluding hydrogens is 688 g/mol. The van der Waals surface area contributed by atoms with Crippen LogP contribution in [0, 0.1) is 20.2 Å². The maximum absolute atomic E-state index is 12.4. The van der Waals surface area contributed by atoms with E-state index in [1.807, 2.05) is 60.7 Å².